The number of amides is 1. The van der Waals surface area contributed by atoms with Gasteiger partial charge in [-0.3, -0.25) is 14.5 Å². The normalized spacial score (nSPS) is 18.3. The molecule has 0 unspecified atom stereocenters. The maximum atomic E-state index is 13.0. The predicted molar refractivity (Wildman–Crippen MR) is 124 cm³/mol. The van der Waals surface area contributed by atoms with Crippen LogP contribution >= 0.6 is 0 Å². The Hall–Kier alpha value is -2.73. The average Bonchev–Trinajstić information content (AvgIpc) is 3.12. The molecule has 0 N–H and O–H groups in total. The first kappa shape index (κ1) is 22.5. The van der Waals surface area contributed by atoms with Gasteiger partial charge in [-0.15, -0.1) is 0 Å². The Balaban J connectivity index is 1.33. The topological polar surface area (TPSA) is 66.7 Å². The second-order valence-electron chi connectivity index (χ2n) is 9.28. The number of aryl methyl sites for hydroxylation is 2. The third kappa shape index (κ3) is 4.70. The van der Waals surface area contributed by atoms with Gasteiger partial charge >= 0.3 is 0 Å². The molecule has 32 heavy (non-hydrogen) atoms. The number of likely N-dealkylation sites (tertiary alicyclic amines) is 1. The van der Waals surface area contributed by atoms with Gasteiger partial charge < -0.3 is 9.42 Å². The monoisotopic (exact) mass is 435 g/mol. The number of ketones is 1. The summed E-state index contributed by atoms with van der Waals surface area (Å²) in [4.78, 5) is 30.2. The summed E-state index contributed by atoms with van der Waals surface area (Å²) in [5.41, 5.74) is 5.86. The first-order valence-electron chi connectivity index (χ1n) is 11.6. The number of aromatic nitrogens is 1. The lowest BCUT2D eigenvalue weighted by atomic mass is 9.96. The number of hydrogen-bond donors (Lipinski definition) is 0. The van der Waals surface area contributed by atoms with Gasteiger partial charge in [-0.05, 0) is 59.1 Å². The molecular weight excluding hydrogens is 402 g/mol. The summed E-state index contributed by atoms with van der Waals surface area (Å²) in [7, 11) is 0. The van der Waals surface area contributed by atoms with Gasteiger partial charge in [-0.1, -0.05) is 28.4 Å². The van der Waals surface area contributed by atoms with E-state index in [1.54, 1.807) is 24.3 Å². The molecule has 0 radical (unpaired) electrons. The molecule has 1 fully saturated rings. The molecule has 1 saturated heterocycles. The second-order valence-corrected chi connectivity index (χ2v) is 9.28. The fourth-order valence-electron chi connectivity index (χ4n) is 4.79. The van der Waals surface area contributed by atoms with Crippen molar-refractivity contribution < 1.29 is 14.1 Å². The molecule has 2 aliphatic rings. The lowest BCUT2D eigenvalue weighted by molar-refractivity contribution is 0.0624. The number of rotatable bonds is 5. The molecule has 1 aromatic heterocycles. The van der Waals surface area contributed by atoms with E-state index in [0.717, 1.165) is 56.7 Å². The molecule has 0 bridgehead atoms. The third-order valence-electron chi connectivity index (χ3n) is 7.18. The third-order valence-corrected chi connectivity index (χ3v) is 7.18. The number of Topliss-reactive ketones (excluding diaryl/α,β-unsaturated/α-hetero) is 1. The predicted octanol–water partition coefficient (Wildman–Crippen LogP) is 4.36. The highest BCUT2D eigenvalue weighted by atomic mass is 16.5. The number of nitrogens with zero attached hydrogens (tertiary/aromatic N) is 3. The molecule has 2 aliphatic heterocycles. The molecule has 1 amide bonds. The minimum atomic E-state index is 0.000301. The van der Waals surface area contributed by atoms with Crippen molar-refractivity contribution in [3.05, 3.63) is 63.6 Å². The van der Waals surface area contributed by atoms with Crippen molar-refractivity contribution in [2.24, 2.45) is 0 Å². The van der Waals surface area contributed by atoms with E-state index in [0.29, 0.717) is 22.9 Å². The minimum Gasteiger partial charge on any atom is -0.361 e. The van der Waals surface area contributed by atoms with Crippen molar-refractivity contribution in [2.45, 2.75) is 59.4 Å². The van der Waals surface area contributed by atoms with Crippen molar-refractivity contribution in [1.29, 1.82) is 0 Å². The molecule has 6 heteroatoms. The molecule has 170 valence electrons. The summed E-state index contributed by atoms with van der Waals surface area (Å²) >= 11 is 0. The molecule has 0 atom stereocenters. The van der Waals surface area contributed by atoms with Crippen molar-refractivity contribution >= 4 is 11.7 Å². The molecule has 1 aromatic carbocycles. The van der Waals surface area contributed by atoms with Crippen LogP contribution in [0.3, 0.4) is 0 Å². The van der Waals surface area contributed by atoms with Gasteiger partial charge in [0.2, 0.25) is 0 Å². The van der Waals surface area contributed by atoms with Crippen LogP contribution in [0.25, 0.3) is 0 Å². The van der Waals surface area contributed by atoms with E-state index in [-0.39, 0.29) is 18.1 Å². The average molecular weight is 436 g/mol. The Morgan fingerprint density at radius 1 is 0.969 bits per heavy atom. The standard InChI is InChI=1S/C26H33N3O3/c1-17-9-12-29(16-18(17)2)23-10-13-28(14-11-23)26(31)22-7-5-21(6-8-22)25(30)15-24-19(3)27-32-20(24)4/h5-8,23H,9-16H2,1-4H3. The van der Waals surface area contributed by atoms with Gasteiger partial charge in [-0.25, -0.2) is 0 Å². The van der Waals surface area contributed by atoms with Crippen LogP contribution in [0.5, 0.6) is 0 Å². The SMILES string of the molecule is CC1=C(C)CN(C2CCN(C(=O)c3ccc(C(=O)Cc4c(C)noc4C)cc3)CC2)CC1. The Morgan fingerprint density at radius 3 is 2.22 bits per heavy atom. The number of hydrogen-bond acceptors (Lipinski definition) is 5. The highest BCUT2D eigenvalue weighted by Crippen LogP contribution is 2.25. The van der Waals surface area contributed by atoms with Gasteiger partial charge in [0.05, 0.1) is 5.69 Å². The summed E-state index contributed by atoms with van der Waals surface area (Å²) in [6.07, 6.45) is 3.46. The van der Waals surface area contributed by atoms with Crippen LogP contribution in [0.15, 0.2) is 39.9 Å². The first-order valence-corrected chi connectivity index (χ1v) is 11.6. The van der Waals surface area contributed by atoms with Crippen LogP contribution in [0.4, 0.5) is 0 Å². The zero-order valence-electron chi connectivity index (χ0n) is 19.6. The summed E-state index contributed by atoms with van der Waals surface area (Å²) in [6, 6.07) is 7.62. The van der Waals surface area contributed by atoms with E-state index in [9.17, 15) is 9.59 Å². The molecule has 3 heterocycles. The molecule has 0 spiro atoms. The smallest absolute Gasteiger partial charge is 0.253 e. The first-order chi connectivity index (χ1) is 15.3. The Labute approximate surface area is 190 Å². The van der Waals surface area contributed by atoms with Crippen molar-refractivity contribution in [2.75, 3.05) is 26.2 Å². The molecule has 6 nitrogen and oxygen atoms in total. The Kier molecular flexibility index (Phi) is 6.60. The van der Waals surface area contributed by atoms with Gasteiger partial charge in [0.25, 0.3) is 5.91 Å². The largest absolute Gasteiger partial charge is 0.361 e. The quantitative estimate of drug-likeness (QED) is 0.516. The van der Waals surface area contributed by atoms with Crippen molar-refractivity contribution in [3.8, 4) is 0 Å². The maximum Gasteiger partial charge on any atom is 0.253 e. The number of carbonyl (C=O) groups is 2. The summed E-state index contributed by atoms with van der Waals surface area (Å²) in [6.45, 7) is 11.9. The summed E-state index contributed by atoms with van der Waals surface area (Å²) < 4.78 is 5.15. The van der Waals surface area contributed by atoms with E-state index in [4.69, 9.17) is 4.52 Å². The van der Waals surface area contributed by atoms with Gasteiger partial charge in [0.1, 0.15) is 5.76 Å². The lowest BCUT2D eigenvalue weighted by Gasteiger charge is -2.40. The highest BCUT2D eigenvalue weighted by molar-refractivity contribution is 5.99. The summed E-state index contributed by atoms with van der Waals surface area (Å²) in [5, 5.41) is 3.91. The Bertz CT molecular complexity index is 1010. The van der Waals surface area contributed by atoms with Crippen molar-refractivity contribution in [1.82, 2.24) is 15.0 Å². The van der Waals surface area contributed by atoms with Gasteiger partial charge in [0.15, 0.2) is 5.78 Å². The van der Waals surface area contributed by atoms with E-state index >= 15 is 0 Å². The Morgan fingerprint density at radius 2 is 1.62 bits per heavy atom. The van der Waals surface area contributed by atoms with E-state index in [1.807, 2.05) is 18.7 Å². The zero-order chi connectivity index (χ0) is 22.8. The fraction of sp³-hybridized carbons (Fsp3) is 0.500. The molecule has 0 aliphatic carbocycles. The second kappa shape index (κ2) is 9.41. The zero-order valence-corrected chi connectivity index (χ0v) is 19.6. The van der Waals surface area contributed by atoms with E-state index < -0.39 is 0 Å². The molecule has 2 aromatic rings. The van der Waals surface area contributed by atoms with E-state index in [1.165, 1.54) is 11.1 Å². The van der Waals surface area contributed by atoms with Crippen LogP contribution in [0.2, 0.25) is 0 Å². The van der Waals surface area contributed by atoms with Crippen molar-refractivity contribution in [3.63, 3.8) is 0 Å². The van der Waals surface area contributed by atoms with Gasteiger partial charge in [0, 0.05) is 55.3 Å². The molecular formula is C26H33N3O3. The highest BCUT2D eigenvalue weighted by Gasteiger charge is 2.29. The number of benzene rings is 1. The minimum absolute atomic E-state index is 0.000301. The van der Waals surface area contributed by atoms with Crippen LogP contribution in [-0.4, -0.2) is 58.9 Å². The van der Waals surface area contributed by atoms with Gasteiger partial charge in [-0.2, -0.15) is 0 Å². The fourth-order valence-corrected chi connectivity index (χ4v) is 4.79. The molecule has 4 rings (SSSR count). The van der Waals surface area contributed by atoms with E-state index in [2.05, 4.69) is 23.9 Å². The lowest BCUT2D eigenvalue weighted by Crippen LogP contribution is -2.48. The number of carbonyl (C=O) groups excluding carboxylic acids is 2. The van der Waals surface area contributed by atoms with Crippen LogP contribution in [-0.2, 0) is 6.42 Å². The van der Waals surface area contributed by atoms with Crippen LogP contribution in [0, 0.1) is 13.8 Å². The summed E-state index contributed by atoms with van der Waals surface area (Å²) in [5.74, 6) is 0.732. The number of piperidine rings is 1. The molecule has 0 saturated carbocycles. The maximum absolute atomic E-state index is 13.0. The van der Waals surface area contributed by atoms with Crippen LogP contribution < -0.4 is 0 Å². The van der Waals surface area contributed by atoms with Crippen LogP contribution in [0.1, 0.15) is 70.8 Å².